The molecule has 0 spiro atoms. The van der Waals surface area contributed by atoms with Crippen LogP contribution >= 0.6 is 0 Å². The van der Waals surface area contributed by atoms with Gasteiger partial charge in [0.15, 0.2) is 17.8 Å². The molecule has 2 fully saturated rings. The number of hydrogen-bond donors (Lipinski definition) is 1. The van der Waals surface area contributed by atoms with Gasteiger partial charge in [-0.25, -0.2) is 4.98 Å². The Morgan fingerprint density at radius 2 is 1.71 bits per heavy atom. The Bertz CT molecular complexity index is 833. The van der Waals surface area contributed by atoms with Gasteiger partial charge in [-0.15, -0.1) is 0 Å². The molecule has 0 radical (unpaired) electrons. The van der Waals surface area contributed by atoms with Gasteiger partial charge in [0.05, 0.1) is 5.56 Å². The van der Waals surface area contributed by atoms with Crippen LogP contribution in [0.3, 0.4) is 0 Å². The third-order valence-corrected chi connectivity index (χ3v) is 5.77. The Balaban J connectivity index is 1.59. The summed E-state index contributed by atoms with van der Waals surface area (Å²) in [6.07, 6.45) is 10.0. The molecule has 2 aromatic rings. The molecular weight excluding hydrogens is 354 g/mol. The van der Waals surface area contributed by atoms with Gasteiger partial charge in [0, 0.05) is 24.7 Å². The minimum absolute atomic E-state index is 0.00895. The Kier molecular flexibility index (Phi) is 5.74. The first kappa shape index (κ1) is 18.7. The van der Waals surface area contributed by atoms with Gasteiger partial charge in [-0.3, -0.25) is 9.59 Å². The third kappa shape index (κ3) is 3.96. The molecule has 1 saturated carbocycles. The number of aromatic nitrogens is 1. The van der Waals surface area contributed by atoms with Crippen LogP contribution in [0.25, 0.3) is 11.3 Å². The van der Waals surface area contributed by atoms with E-state index in [2.05, 4.69) is 10.3 Å². The SMILES string of the molecule is O=C(NC1CCCCC1)c1ncoc1-c1ccccc1C(=O)N1CCCCC1. The highest BCUT2D eigenvalue weighted by atomic mass is 16.3. The van der Waals surface area contributed by atoms with Crippen LogP contribution in [0.5, 0.6) is 0 Å². The fourth-order valence-electron chi connectivity index (χ4n) is 4.23. The highest BCUT2D eigenvalue weighted by Gasteiger charge is 2.27. The summed E-state index contributed by atoms with van der Waals surface area (Å²) in [7, 11) is 0. The molecule has 6 nitrogen and oxygen atoms in total. The molecule has 0 unspecified atom stereocenters. The predicted molar refractivity (Wildman–Crippen MR) is 106 cm³/mol. The lowest BCUT2D eigenvalue weighted by Crippen LogP contribution is -2.37. The first-order valence-corrected chi connectivity index (χ1v) is 10.4. The van der Waals surface area contributed by atoms with Gasteiger partial charge in [-0.1, -0.05) is 37.5 Å². The maximum Gasteiger partial charge on any atom is 0.274 e. The summed E-state index contributed by atoms with van der Waals surface area (Å²) in [6, 6.07) is 7.52. The van der Waals surface area contributed by atoms with Crippen molar-refractivity contribution in [3.8, 4) is 11.3 Å². The minimum atomic E-state index is -0.226. The fraction of sp³-hybridized carbons (Fsp3) is 0.500. The lowest BCUT2D eigenvalue weighted by atomic mass is 9.95. The Hall–Kier alpha value is -2.63. The van der Waals surface area contributed by atoms with Crippen molar-refractivity contribution >= 4 is 11.8 Å². The zero-order valence-corrected chi connectivity index (χ0v) is 16.2. The molecule has 0 bridgehead atoms. The summed E-state index contributed by atoms with van der Waals surface area (Å²) in [4.78, 5) is 32.0. The molecule has 28 heavy (non-hydrogen) atoms. The quantitative estimate of drug-likeness (QED) is 0.868. The van der Waals surface area contributed by atoms with Crippen molar-refractivity contribution in [3.63, 3.8) is 0 Å². The van der Waals surface area contributed by atoms with Crippen LogP contribution in [0.15, 0.2) is 35.1 Å². The standard InChI is InChI=1S/C22H27N3O3/c26-21(24-16-9-3-1-4-10-16)19-20(28-15-23-19)17-11-5-6-12-18(17)22(27)25-13-7-2-8-14-25/h5-6,11-12,15-16H,1-4,7-10,13-14H2,(H,24,26). The monoisotopic (exact) mass is 381 g/mol. The van der Waals surface area contributed by atoms with E-state index in [-0.39, 0.29) is 23.6 Å². The molecule has 2 aliphatic rings. The predicted octanol–water partition coefficient (Wildman–Crippen LogP) is 4.03. The van der Waals surface area contributed by atoms with E-state index in [0.29, 0.717) is 16.9 Å². The second kappa shape index (κ2) is 8.59. The molecule has 1 N–H and O–H groups in total. The van der Waals surface area contributed by atoms with Crippen LogP contribution in [0.1, 0.15) is 72.2 Å². The van der Waals surface area contributed by atoms with E-state index in [1.807, 2.05) is 23.1 Å². The Morgan fingerprint density at radius 1 is 1.00 bits per heavy atom. The summed E-state index contributed by atoms with van der Waals surface area (Å²) >= 11 is 0. The van der Waals surface area contributed by atoms with Crippen LogP contribution in [-0.4, -0.2) is 40.8 Å². The Morgan fingerprint density at radius 3 is 2.50 bits per heavy atom. The number of rotatable bonds is 4. The van der Waals surface area contributed by atoms with Gasteiger partial charge in [0.2, 0.25) is 0 Å². The molecule has 148 valence electrons. The molecular formula is C22H27N3O3. The van der Waals surface area contributed by atoms with Crippen molar-refractivity contribution in [2.45, 2.75) is 57.4 Å². The third-order valence-electron chi connectivity index (χ3n) is 5.77. The number of piperidine rings is 1. The maximum absolute atomic E-state index is 13.1. The summed E-state index contributed by atoms with van der Waals surface area (Å²) < 4.78 is 5.60. The van der Waals surface area contributed by atoms with Gasteiger partial charge < -0.3 is 14.6 Å². The molecule has 1 aromatic carbocycles. The van der Waals surface area contributed by atoms with Crippen molar-refractivity contribution in [3.05, 3.63) is 41.9 Å². The fourth-order valence-corrected chi connectivity index (χ4v) is 4.23. The molecule has 1 aliphatic carbocycles. The average molecular weight is 381 g/mol. The summed E-state index contributed by atoms with van der Waals surface area (Å²) in [5.41, 5.74) is 1.45. The van der Waals surface area contributed by atoms with Crippen molar-refractivity contribution in [2.75, 3.05) is 13.1 Å². The van der Waals surface area contributed by atoms with Crippen LogP contribution in [-0.2, 0) is 0 Å². The molecule has 6 heteroatoms. The van der Waals surface area contributed by atoms with Crippen LogP contribution in [0, 0.1) is 0 Å². The average Bonchev–Trinajstić information content (AvgIpc) is 3.24. The second-order valence-electron chi connectivity index (χ2n) is 7.74. The van der Waals surface area contributed by atoms with E-state index < -0.39 is 0 Å². The molecule has 1 aliphatic heterocycles. The van der Waals surface area contributed by atoms with Gasteiger partial charge in [0.25, 0.3) is 11.8 Å². The molecule has 4 rings (SSSR count). The zero-order valence-electron chi connectivity index (χ0n) is 16.2. The number of nitrogens with zero attached hydrogens (tertiary/aromatic N) is 2. The number of carbonyl (C=O) groups is 2. The van der Waals surface area contributed by atoms with Crippen molar-refractivity contribution in [2.24, 2.45) is 0 Å². The first-order valence-electron chi connectivity index (χ1n) is 10.4. The van der Waals surface area contributed by atoms with Crippen LogP contribution in [0.4, 0.5) is 0 Å². The van der Waals surface area contributed by atoms with Gasteiger partial charge in [-0.05, 0) is 38.2 Å². The van der Waals surface area contributed by atoms with Gasteiger partial charge in [0.1, 0.15) is 0 Å². The van der Waals surface area contributed by atoms with Crippen molar-refractivity contribution in [1.82, 2.24) is 15.2 Å². The van der Waals surface area contributed by atoms with Crippen molar-refractivity contribution in [1.29, 1.82) is 0 Å². The minimum Gasteiger partial charge on any atom is -0.443 e. The van der Waals surface area contributed by atoms with E-state index in [4.69, 9.17) is 4.42 Å². The summed E-state index contributed by atoms with van der Waals surface area (Å²) in [6.45, 7) is 1.55. The number of likely N-dealkylation sites (tertiary alicyclic amines) is 1. The number of carbonyl (C=O) groups excluding carboxylic acids is 2. The topological polar surface area (TPSA) is 75.4 Å². The summed E-state index contributed by atoms with van der Waals surface area (Å²) in [5.74, 6) is 0.135. The molecule has 2 amide bonds. The largest absolute Gasteiger partial charge is 0.443 e. The van der Waals surface area contributed by atoms with E-state index in [1.54, 1.807) is 6.07 Å². The normalized spacial score (nSPS) is 18.1. The van der Waals surface area contributed by atoms with Gasteiger partial charge >= 0.3 is 0 Å². The van der Waals surface area contributed by atoms with Gasteiger partial charge in [-0.2, -0.15) is 0 Å². The zero-order chi connectivity index (χ0) is 19.3. The highest BCUT2D eigenvalue weighted by Crippen LogP contribution is 2.29. The number of nitrogens with one attached hydrogen (secondary N) is 1. The lowest BCUT2D eigenvalue weighted by Gasteiger charge is -2.27. The number of oxazole rings is 1. The number of hydrogen-bond acceptors (Lipinski definition) is 4. The van der Waals surface area contributed by atoms with Crippen LogP contribution in [0.2, 0.25) is 0 Å². The maximum atomic E-state index is 13.1. The highest BCUT2D eigenvalue weighted by molar-refractivity contribution is 6.04. The number of amides is 2. The van der Waals surface area contributed by atoms with E-state index >= 15 is 0 Å². The molecule has 0 atom stereocenters. The molecule has 1 aromatic heterocycles. The van der Waals surface area contributed by atoms with E-state index in [0.717, 1.165) is 51.6 Å². The molecule has 2 heterocycles. The molecule has 1 saturated heterocycles. The Labute approximate surface area is 165 Å². The number of benzene rings is 1. The lowest BCUT2D eigenvalue weighted by molar-refractivity contribution is 0.0724. The van der Waals surface area contributed by atoms with E-state index in [1.165, 1.54) is 19.2 Å². The second-order valence-corrected chi connectivity index (χ2v) is 7.74. The van der Waals surface area contributed by atoms with Crippen molar-refractivity contribution < 1.29 is 14.0 Å². The summed E-state index contributed by atoms with van der Waals surface area (Å²) in [5, 5.41) is 3.09. The first-order chi connectivity index (χ1) is 13.7. The van der Waals surface area contributed by atoms with Crippen LogP contribution < -0.4 is 5.32 Å². The van der Waals surface area contributed by atoms with E-state index in [9.17, 15) is 9.59 Å². The smallest absolute Gasteiger partial charge is 0.274 e.